The van der Waals surface area contributed by atoms with Crippen molar-refractivity contribution in [3.63, 3.8) is 0 Å². The smallest absolute Gasteiger partial charge is 0.256 e. The number of pyridine rings is 1. The van der Waals surface area contributed by atoms with E-state index in [4.69, 9.17) is 21.6 Å². The number of carbonyl (C=O) groups excluding carboxylic acids is 1. The zero-order valence-corrected chi connectivity index (χ0v) is 14.9. The standard InChI is InChI=1S/C20H18ClN3O2/c21-19-9-17(4-1-13(19)10-22)26-16-5-2-15(3-6-16)24-12-14-7-8-23-11-18(14)20(24)25/h1,4,7-9,11,15-16H,2-3,5-6,12H2/t15-,16-. The quantitative estimate of drug-likeness (QED) is 0.823. The number of nitriles is 1. The van der Waals surface area contributed by atoms with Gasteiger partial charge in [-0.2, -0.15) is 5.26 Å². The third kappa shape index (κ3) is 3.13. The molecule has 0 N–H and O–H groups in total. The highest BCUT2D eigenvalue weighted by molar-refractivity contribution is 6.31. The van der Waals surface area contributed by atoms with E-state index in [0.29, 0.717) is 22.9 Å². The molecule has 1 aliphatic heterocycles. The minimum atomic E-state index is 0.0938. The second-order valence-electron chi connectivity index (χ2n) is 6.77. The number of ether oxygens (including phenoxy) is 1. The molecule has 0 unspecified atom stereocenters. The summed E-state index contributed by atoms with van der Waals surface area (Å²) >= 11 is 6.06. The van der Waals surface area contributed by atoms with Gasteiger partial charge in [0, 0.05) is 31.0 Å². The lowest BCUT2D eigenvalue weighted by Crippen LogP contribution is -2.40. The molecule has 0 atom stereocenters. The van der Waals surface area contributed by atoms with E-state index in [0.717, 1.165) is 36.8 Å². The molecule has 1 saturated carbocycles. The van der Waals surface area contributed by atoms with Crippen LogP contribution in [0.5, 0.6) is 5.75 Å². The van der Waals surface area contributed by atoms with E-state index >= 15 is 0 Å². The molecule has 1 aromatic heterocycles. The molecule has 0 radical (unpaired) electrons. The van der Waals surface area contributed by atoms with E-state index in [9.17, 15) is 4.79 Å². The average molecular weight is 368 g/mol. The maximum absolute atomic E-state index is 12.6. The second-order valence-corrected chi connectivity index (χ2v) is 7.17. The molecule has 5 nitrogen and oxygen atoms in total. The molecule has 0 bridgehead atoms. The summed E-state index contributed by atoms with van der Waals surface area (Å²) in [5.74, 6) is 0.782. The van der Waals surface area contributed by atoms with Crippen molar-refractivity contribution in [1.29, 1.82) is 5.26 Å². The monoisotopic (exact) mass is 367 g/mol. The highest BCUT2D eigenvalue weighted by Crippen LogP contribution is 2.32. The van der Waals surface area contributed by atoms with Crippen LogP contribution < -0.4 is 4.74 Å². The van der Waals surface area contributed by atoms with Gasteiger partial charge in [0.05, 0.1) is 22.3 Å². The van der Waals surface area contributed by atoms with Crippen LogP contribution in [0.3, 0.4) is 0 Å². The van der Waals surface area contributed by atoms with E-state index in [1.54, 1.807) is 30.6 Å². The van der Waals surface area contributed by atoms with Crippen LogP contribution in [0.15, 0.2) is 36.7 Å². The van der Waals surface area contributed by atoms with Gasteiger partial charge in [-0.15, -0.1) is 0 Å². The van der Waals surface area contributed by atoms with Gasteiger partial charge in [0.15, 0.2) is 0 Å². The minimum absolute atomic E-state index is 0.0938. The summed E-state index contributed by atoms with van der Waals surface area (Å²) in [5, 5.41) is 9.35. The zero-order chi connectivity index (χ0) is 18.1. The Morgan fingerprint density at radius 3 is 2.73 bits per heavy atom. The summed E-state index contributed by atoms with van der Waals surface area (Å²) < 4.78 is 6.03. The molecule has 132 valence electrons. The van der Waals surface area contributed by atoms with Crippen LogP contribution in [0, 0.1) is 11.3 Å². The molecular weight excluding hydrogens is 350 g/mol. The minimum Gasteiger partial charge on any atom is -0.490 e. The first-order valence-electron chi connectivity index (χ1n) is 8.76. The normalized spacial score (nSPS) is 22.0. The summed E-state index contributed by atoms with van der Waals surface area (Å²) in [6.07, 6.45) is 7.13. The van der Waals surface area contributed by atoms with Crippen LogP contribution >= 0.6 is 11.6 Å². The van der Waals surface area contributed by atoms with E-state index in [-0.39, 0.29) is 18.1 Å². The van der Waals surface area contributed by atoms with Gasteiger partial charge in [0.25, 0.3) is 5.91 Å². The number of nitrogens with zero attached hydrogens (tertiary/aromatic N) is 3. The lowest BCUT2D eigenvalue weighted by atomic mass is 9.92. The third-order valence-electron chi connectivity index (χ3n) is 5.19. The van der Waals surface area contributed by atoms with Gasteiger partial charge in [-0.25, -0.2) is 0 Å². The van der Waals surface area contributed by atoms with Gasteiger partial charge in [-0.05, 0) is 49.4 Å². The van der Waals surface area contributed by atoms with Gasteiger partial charge < -0.3 is 9.64 Å². The van der Waals surface area contributed by atoms with Crippen LogP contribution in [-0.4, -0.2) is 27.9 Å². The van der Waals surface area contributed by atoms with Crippen molar-refractivity contribution in [2.45, 2.75) is 44.4 Å². The van der Waals surface area contributed by atoms with E-state index in [1.807, 2.05) is 17.0 Å². The zero-order valence-electron chi connectivity index (χ0n) is 14.2. The molecule has 0 saturated heterocycles. The first kappa shape index (κ1) is 16.9. The Labute approximate surface area is 157 Å². The van der Waals surface area contributed by atoms with Crippen LogP contribution in [0.4, 0.5) is 0 Å². The highest BCUT2D eigenvalue weighted by atomic mass is 35.5. The predicted molar refractivity (Wildman–Crippen MR) is 96.9 cm³/mol. The van der Waals surface area contributed by atoms with Crippen molar-refractivity contribution in [3.05, 3.63) is 58.4 Å². The number of hydrogen-bond acceptors (Lipinski definition) is 4. The van der Waals surface area contributed by atoms with Crippen molar-refractivity contribution in [2.75, 3.05) is 0 Å². The van der Waals surface area contributed by atoms with Crippen LogP contribution in [0.25, 0.3) is 0 Å². The number of amides is 1. The van der Waals surface area contributed by atoms with Crippen LogP contribution in [-0.2, 0) is 6.54 Å². The number of carbonyl (C=O) groups is 1. The van der Waals surface area contributed by atoms with Crippen molar-refractivity contribution < 1.29 is 9.53 Å². The maximum atomic E-state index is 12.6. The summed E-state index contributed by atoms with van der Waals surface area (Å²) in [6.45, 7) is 0.679. The Morgan fingerprint density at radius 2 is 2.04 bits per heavy atom. The summed E-state index contributed by atoms with van der Waals surface area (Å²) in [6, 6.07) is 9.38. The lowest BCUT2D eigenvalue weighted by molar-refractivity contribution is 0.0561. The fourth-order valence-electron chi connectivity index (χ4n) is 3.79. The Kier molecular flexibility index (Phi) is 4.52. The largest absolute Gasteiger partial charge is 0.490 e. The lowest BCUT2D eigenvalue weighted by Gasteiger charge is -2.34. The van der Waals surface area contributed by atoms with E-state index < -0.39 is 0 Å². The molecule has 0 spiro atoms. The molecule has 2 aromatic rings. The second kappa shape index (κ2) is 6.97. The molecule has 26 heavy (non-hydrogen) atoms. The molecule has 6 heteroatoms. The van der Waals surface area contributed by atoms with Crippen molar-refractivity contribution in [2.24, 2.45) is 0 Å². The topological polar surface area (TPSA) is 66.2 Å². The Morgan fingerprint density at radius 1 is 1.23 bits per heavy atom. The van der Waals surface area contributed by atoms with Crippen molar-refractivity contribution >= 4 is 17.5 Å². The van der Waals surface area contributed by atoms with Gasteiger partial charge in [-0.1, -0.05) is 11.6 Å². The number of fused-ring (bicyclic) bond motifs is 1. The molecular formula is C20H18ClN3O2. The maximum Gasteiger partial charge on any atom is 0.256 e. The number of halogens is 1. The predicted octanol–water partition coefficient (Wildman–Crippen LogP) is 3.95. The first-order valence-corrected chi connectivity index (χ1v) is 9.13. The summed E-state index contributed by atoms with van der Waals surface area (Å²) in [5.41, 5.74) is 2.25. The third-order valence-corrected chi connectivity index (χ3v) is 5.50. The van der Waals surface area contributed by atoms with Gasteiger partial charge in [-0.3, -0.25) is 9.78 Å². The number of rotatable bonds is 3. The molecule has 1 aromatic carbocycles. The highest BCUT2D eigenvalue weighted by Gasteiger charge is 2.35. The average Bonchev–Trinajstić information content (AvgIpc) is 3.00. The van der Waals surface area contributed by atoms with Crippen LogP contribution in [0.1, 0.15) is 47.2 Å². The number of hydrogen-bond donors (Lipinski definition) is 0. The van der Waals surface area contributed by atoms with E-state index in [2.05, 4.69) is 4.98 Å². The molecule has 1 amide bonds. The fourth-order valence-corrected chi connectivity index (χ4v) is 4.00. The van der Waals surface area contributed by atoms with Crippen LogP contribution in [0.2, 0.25) is 5.02 Å². The molecule has 1 fully saturated rings. The number of aromatic nitrogens is 1. The van der Waals surface area contributed by atoms with Crippen molar-refractivity contribution in [3.8, 4) is 11.8 Å². The number of benzene rings is 1. The first-order chi connectivity index (χ1) is 12.7. The Bertz CT molecular complexity index is 885. The Balaban J connectivity index is 1.36. The molecule has 2 heterocycles. The molecule has 1 aliphatic carbocycles. The fraction of sp³-hybridized carbons (Fsp3) is 0.350. The molecule has 4 rings (SSSR count). The molecule has 2 aliphatic rings. The summed E-state index contributed by atoms with van der Waals surface area (Å²) in [7, 11) is 0. The Hall–Kier alpha value is -2.58. The van der Waals surface area contributed by atoms with Gasteiger partial charge in [0.2, 0.25) is 0 Å². The van der Waals surface area contributed by atoms with Gasteiger partial charge >= 0.3 is 0 Å². The van der Waals surface area contributed by atoms with E-state index in [1.165, 1.54) is 0 Å². The SMILES string of the molecule is N#Cc1ccc(O[C@H]2CC[C@H](N3Cc4ccncc4C3=O)CC2)cc1Cl. The summed E-state index contributed by atoms with van der Waals surface area (Å²) in [4.78, 5) is 18.6. The van der Waals surface area contributed by atoms with Crippen molar-refractivity contribution in [1.82, 2.24) is 9.88 Å². The van der Waals surface area contributed by atoms with Gasteiger partial charge in [0.1, 0.15) is 11.8 Å².